The van der Waals surface area contributed by atoms with Crippen molar-refractivity contribution in [3.05, 3.63) is 34.6 Å². The summed E-state index contributed by atoms with van der Waals surface area (Å²) in [5.74, 6) is -1.22. The minimum absolute atomic E-state index is 0.0671. The van der Waals surface area contributed by atoms with Crippen LogP contribution in [0.4, 0.5) is 9.52 Å². The van der Waals surface area contributed by atoms with Gasteiger partial charge in [0.05, 0.1) is 5.75 Å². The third-order valence-corrected chi connectivity index (χ3v) is 5.69. The summed E-state index contributed by atoms with van der Waals surface area (Å²) >= 11 is 8.26. The summed E-state index contributed by atoms with van der Waals surface area (Å²) < 4.78 is 40.4. The summed E-state index contributed by atoms with van der Waals surface area (Å²) in [6.45, 7) is 0. The van der Waals surface area contributed by atoms with E-state index in [2.05, 4.69) is 14.9 Å². The van der Waals surface area contributed by atoms with Crippen LogP contribution in [-0.4, -0.2) is 24.9 Å². The Bertz CT molecular complexity index is 700. The predicted molar refractivity (Wildman–Crippen MR) is 79.3 cm³/mol. The van der Waals surface area contributed by atoms with Crippen molar-refractivity contribution in [2.75, 3.05) is 11.0 Å². The van der Waals surface area contributed by atoms with E-state index in [1.54, 1.807) is 6.26 Å². The van der Waals surface area contributed by atoms with Crippen LogP contribution in [-0.2, 0) is 15.8 Å². The van der Waals surface area contributed by atoms with Crippen LogP contribution in [0.1, 0.15) is 5.56 Å². The summed E-state index contributed by atoms with van der Waals surface area (Å²) in [7, 11) is -3.80. The second-order valence-electron chi connectivity index (χ2n) is 3.64. The number of thioether (sulfide) groups is 1. The summed E-state index contributed by atoms with van der Waals surface area (Å²) in [5.41, 5.74) is -0.0729. The molecule has 1 heterocycles. The van der Waals surface area contributed by atoms with Crippen LogP contribution < -0.4 is 4.72 Å². The summed E-state index contributed by atoms with van der Waals surface area (Å²) in [4.78, 5) is 0. The highest BCUT2D eigenvalue weighted by molar-refractivity contribution is 8.00. The Hall–Kier alpha value is -0.900. The molecule has 2 rings (SSSR count). The molecular formula is C10H9ClFN3O2S3. The van der Waals surface area contributed by atoms with E-state index in [9.17, 15) is 12.8 Å². The van der Waals surface area contributed by atoms with E-state index >= 15 is 0 Å². The molecular weight excluding hydrogens is 345 g/mol. The van der Waals surface area contributed by atoms with Crippen LogP contribution >= 0.6 is 34.7 Å². The van der Waals surface area contributed by atoms with E-state index in [0.29, 0.717) is 4.34 Å². The van der Waals surface area contributed by atoms with Crippen LogP contribution in [0.25, 0.3) is 0 Å². The molecule has 1 aromatic heterocycles. The first kappa shape index (κ1) is 15.5. The van der Waals surface area contributed by atoms with Crippen LogP contribution in [0.5, 0.6) is 0 Å². The number of nitrogens with zero attached hydrogens (tertiary/aromatic N) is 2. The zero-order valence-corrected chi connectivity index (χ0v) is 13.3. The van der Waals surface area contributed by atoms with Gasteiger partial charge in [-0.25, -0.2) is 12.8 Å². The van der Waals surface area contributed by atoms with Gasteiger partial charge in [-0.1, -0.05) is 40.8 Å². The van der Waals surface area contributed by atoms with Gasteiger partial charge < -0.3 is 0 Å². The molecule has 0 aliphatic carbocycles. The van der Waals surface area contributed by atoms with Gasteiger partial charge in [0.15, 0.2) is 4.34 Å². The van der Waals surface area contributed by atoms with E-state index < -0.39 is 21.6 Å². The minimum Gasteiger partial charge on any atom is -0.257 e. The molecule has 0 fully saturated rings. The van der Waals surface area contributed by atoms with Crippen LogP contribution in [0.15, 0.2) is 22.5 Å². The first-order valence-corrected chi connectivity index (χ1v) is 9.29. The molecule has 0 spiro atoms. The van der Waals surface area contributed by atoms with Crippen molar-refractivity contribution in [1.29, 1.82) is 0 Å². The first-order valence-electron chi connectivity index (χ1n) is 5.22. The van der Waals surface area contributed by atoms with Crippen molar-refractivity contribution >= 4 is 49.9 Å². The molecule has 1 aromatic carbocycles. The Balaban J connectivity index is 2.19. The quantitative estimate of drug-likeness (QED) is 0.836. The smallest absolute Gasteiger partial charge is 0.238 e. The Morgan fingerprint density at radius 3 is 2.80 bits per heavy atom. The van der Waals surface area contributed by atoms with Crippen molar-refractivity contribution in [2.45, 2.75) is 10.1 Å². The third-order valence-electron chi connectivity index (χ3n) is 2.22. The van der Waals surface area contributed by atoms with Gasteiger partial charge in [-0.2, -0.15) is 0 Å². The second kappa shape index (κ2) is 6.25. The molecule has 1 N–H and O–H groups in total. The first-order chi connectivity index (χ1) is 9.41. The number of halogens is 2. The van der Waals surface area contributed by atoms with Gasteiger partial charge in [0, 0.05) is 10.6 Å². The lowest BCUT2D eigenvalue weighted by molar-refractivity contribution is 0.591. The second-order valence-corrected chi connectivity index (χ2v) is 7.80. The molecule has 0 atom stereocenters. The predicted octanol–water partition coefficient (Wildman–Crippen LogP) is 2.99. The van der Waals surface area contributed by atoms with Crippen molar-refractivity contribution < 1.29 is 12.8 Å². The topological polar surface area (TPSA) is 72.0 Å². The van der Waals surface area contributed by atoms with Crippen LogP contribution in [0.3, 0.4) is 0 Å². The maximum Gasteiger partial charge on any atom is 0.238 e. The normalized spacial score (nSPS) is 11.6. The van der Waals surface area contributed by atoms with Gasteiger partial charge in [0.25, 0.3) is 0 Å². The van der Waals surface area contributed by atoms with Crippen molar-refractivity contribution in [3.8, 4) is 0 Å². The van der Waals surface area contributed by atoms with Crippen LogP contribution in [0, 0.1) is 5.82 Å². The Morgan fingerprint density at radius 1 is 1.45 bits per heavy atom. The number of hydrogen-bond donors (Lipinski definition) is 1. The largest absolute Gasteiger partial charge is 0.257 e. The lowest BCUT2D eigenvalue weighted by Gasteiger charge is -2.07. The van der Waals surface area contributed by atoms with Gasteiger partial charge in [-0.3, -0.25) is 4.72 Å². The summed E-state index contributed by atoms with van der Waals surface area (Å²) in [5, 5.41) is 7.66. The highest BCUT2D eigenvalue weighted by atomic mass is 35.5. The molecule has 0 aliphatic heterocycles. The van der Waals surface area contributed by atoms with Crippen LogP contribution in [0.2, 0.25) is 5.02 Å². The molecule has 10 heteroatoms. The summed E-state index contributed by atoms with van der Waals surface area (Å²) in [6, 6.07) is 4.01. The van der Waals surface area contributed by atoms with E-state index in [1.807, 2.05) is 0 Å². The average Bonchev–Trinajstić information content (AvgIpc) is 2.81. The van der Waals surface area contributed by atoms with Gasteiger partial charge in [0.1, 0.15) is 5.82 Å². The van der Waals surface area contributed by atoms with Crippen molar-refractivity contribution in [3.63, 3.8) is 0 Å². The maximum absolute atomic E-state index is 13.6. The average molecular weight is 354 g/mol. The molecule has 0 aliphatic rings. The summed E-state index contributed by atoms with van der Waals surface area (Å²) in [6.07, 6.45) is 1.80. The molecule has 5 nitrogen and oxygen atoms in total. The number of aromatic nitrogens is 2. The number of hydrogen-bond acceptors (Lipinski definition) is 6. The molecule has 0 amide bonds. The highest BCUT2D eigenvalue weighted by Crippen LogP contribution is 2.26. The molecule has 20 heavy (non-hydrogen) atoms. The molecule has 0 bridgehead atoms. The fourth-order valence-corrected chi connectivity index (χ4v) is 4.29. The van der Waals surface area contributed by atoms with Crippen molar-refractivity contribution in [2.24, 2.45) is 0 Å². The number of nitrogens with one attached hydrogen (secondary N) is 1. The van der Waals surface area contributed by atoms with E-state index in [-0.39, 0.29) is 15.7 Å². The fraction of sp³-hybridized carbons (Fsp3) is 0.200. The zero-order chi connectivity index (χ0) is 14.8. The minimum atomic E-state index is -3.80. The van der Waals surface area contributed by atoms with Gasteiger partial charge in [-0.15, -0.1) is 10.2 Å². The van der Waals surface area contributed by atoms with Gasteiger partial charge >= 0.3 is 0 Å². The number of benzene rings is 1. The van der Waals surface area contributed by atoms with Gasteiger partial charge in [-0.05, 0) is 18.4 Å². The molecule has 108 valence electrons. The van der Waals surface area contributed by atoms with E-state index in [1.165, 1.54) is 23.9 Å². The Morgan fingerprint density at radius 2 is 2.20 bits per heavy atom. The number of rotatable bonds is 5. The van der Waals surface area contributed by atoms with Gasteiger partial charge in [0.2, 0.25) is 15.2 Å². The monoisotopic (exact) mass is 353 g/mol. The Kier molecular flexibility index (Phi) is 4.84. The number of sulfonamides is 1. The zero-order valence-electron chi connectivity index (χ0n) is 10.1. The SMILES string of the molecule is CSc1nnc(NS(=O)(=O)Cc2c(F)cccc2Cl)s1. The molecule has 0 saturated heterocycles. The van der Waals surface area contributed by atoms with Crippen molar-refractivity contribution in [1.82, 2.24) is 10.2 Å². The number of anilines is 1. The molecule has 0 unspecified atom stereocenters. The molecule has 0 radical (unpaired) electrons. The molecule has 2 aromatic rings. The Labute approximate surface area is 128 Å². The lowest BCUT2D eigenvalue weighted by Crippen LogP contribution is -2.16. The lowest BCUT2D eigenvalue weighted by atomic mass is 10.2. The standard InChI is InChI=1S/C10H9ClFN3O2S3/c1-18-10-14-13-9(19-10)15-20(16,17)5-6-7(11)3-2-4-8(6)12/h2-4H,5H2,1H3,(H,13,15). The molecule has 0 saturated carbocycles. The van der Waals surface area contributed by atoms with E-state index in [0.717, 1.165) is 17.4 Å². The maximum atomic E-state index is 13.6. The fourth-order valence-electron chi connectivity index (χ4n) is 1.36. The van der Waals surface area contributed by atoms with E-state index in [4.69, 9.17) is 11.6 Å². The third kappa shape index (κ3) is 3.81. The highest BCUT2D eigenvalue weighted by Gasteiger charge is 2.19.